The molecule has 1 aromatic carbocycles. The predicted octanol–water partition coefficient (Wildman–Crippen LogP) is 1.31. The molecule has 0 radical (unpaired) electrons. The Balaban J connectivity index is 0.000000263. The zero-order valence-electron chi connectivity index (χ0n) is 14.6. The molecule has 0 heterocycles. The van der Waals surface area contributed by atoms with E-state index < -0.39 is 11.8 Å². The lowest BCUT2D eigenvalue weighted by molar-refractivity contribution is -0.120. The van der Waals surface area contributed by atoms with E-state index in [0.717, 1.165) is 12.2 Å². The molecular formula is C17H18O9. The number of carboxylic acid groups (broad SMARTS) is 1. The molecule has 0 spiro atoms. The number of carbonyl (C=O) groups is 3. The van der Waals surface area contributed by atoms with Crippen LogP contribution in [0.3, 0.4) is 0 Å². The van der Waals surface area contributed by atoms with E-state index in [2.05, 4.69) is 9.47 Å². The van der Waals surface area contributed by atoms with Crippen LogP contribution in [-0.4, -0.2) is 56.2 Å². The molecule has 2 rings (SSSR count). The molecule has 1 aromatic rings. The van der Waals surface area contributed by atoms with Crippen LogP contribution in [0.15, 0.2) is 35.8 Å². The third-order valence-corrected chi connectivity index (χ3v) is 3.16. The third-order valence-electron chi connectivity index (χ3n) is 3.16. The number of benzene rings is 1. The summed E-state index contributed by atoms with van der Waals surface area (Å²) < 4.78 is 18.9. The molecule has 2 N–H and O–H groups in total. The van der Waals surface area contributed by atoms with Gasteiger partial charge in [0.1, 0.15) is 0 Å². The van der Waals surface area contributed by atoms with Crippen molar-refractivity contribution in [1.29, 1.82) is 0 Å². The predicted molar refractivity (Wildman–Crippen MR) is 88.4 cm³/mol. The molecule has 0 aliphatic heterocycles. The van der Waals surface area contributed by atoms with Crippen LogP contribution in [0.4, 0.5) is 0 Å². The second-order valence-corrected chi connectivity index (χ2v) is 4.69. The lowest BCUT2D eigenvalue weighted by atomic mass is 10.1. The Hall–Kier alpha value is -3.49. The first-order chi connectivity index (χ1) is 12.3. The summed E-state index contributed by atoms with van der Waals surface area (Å²) in [5.74, 6) is -1.85. The smallest absolute Gasteiger partial charge is 0.335 e. The number of phenolic OH excluding ortho intramolecular Hbond substituents is 1. The molecule has 0 amide bonds. The summed E-state index contributed by atoms with van der Waals surface area (Å²) in [7, 11) is 5.32. The molecule has 0 unspecified atom stereocenters. The number of carbonyl (C=O) groups excluding carboxylic acids is 2. The Labute approximate surface area is 149 Å². The summed E-state index contributed by atoms with van der Waals surface area (Å²) in [5.41, 5.74) is -0.00324. The number of rotatable bonds is 5. The lowest BCUT2D eigenvalue weighted by Crippen LogP contribution is -2.16. The van der Waals surface area contributed by atoms with Crippen molar-refractivity contribution in [2.75, 3.05) is 28.4 Å². The molecule has 1 aliphatic carbocycles. The fourth-order valence-electron chi connectivity index (χ4n) is 1.87. The SMILES string of the molecule is COC1=CC(=O)C=C(OC)C1=O.COc1cc(C(=O)O)cc(OC)c1O. The van der Waals surface area contributed by atoms with Crippen molar-refractivity contribution < 1.29 is 43.5 Å². The molecule has 0 fully saturated rings. The standard InChI is InChI=1S/C9H10O5.C8H8O4/c1-13-6-3-5(9(11)12)4-7(14-2)8(6)10;1-11-6-3-5(9)4-7(12-2)8(6)10/h3-4,10H,1-2H3,(H,11,12);3-4H,1-2H3. The van der Waals surface area contributed by atoms with Gasteiger partial charge in [-0.25, -0.2) is 4.79 Å². The summed E-state index contributed by atoms with van der Waals surface area (Å²) >= 11 is 0. The number of methoxy groups -OCH3 is 4. The van der Waals surface area contributed by atoms with Crippen LogP contribution in [0.5, 0.6) is 17.2 Å². The van der Waals surface area contributed by atoms with Gasteiger partial charge >= 0.3 is 5.97 Å². The fourth-order valence-corrected chi connectivity index (χ4v) is 1.87. The second-order valence-electron chi connectivity index (χ2n) is 4.69. The summed E-state index contributed by atoms with van der Waals surface area (Å²) in [4.78, 5) is 32.7. The van der Waals surface area contributed by atoms with Crippen molar-refractivity contribution in [3.05, 3.63) is 41.4 Å². The van der Waals surface area contributed by atoms with Crippen molar-refractivity contribution in [3.63, 3.8) is 0 Å². The number of ether oxygens (including phenoxy) is 4. The van der Waals surface area contributed by atoms with E-state index in [4.69, 9.17) is 14.6 Å². The number of ketones is 2. The van der Waals surface area contributed by atoms with Gasteiger partial charge in [-0.15, -0.1) is 0 Å². The molecule has 9 nitrogen and oxygen atoms in total. The van der Waals surface area contributed by atoms with Crippen LogP contribution in [-0.2, 0) is 19.1 Å². The van der Waals surface area contributed by atoms with Gasteiger partial charge in [-0.2, -0.15) is 0 Å². The quantitative estimate of drug-likeness (QED) is 0.741. The summed E-state index contributed by atoms with van der Waals surface area (Å²) in [6.45, 7) is 0. The number of allylic oxidation sites excluding steroid dienone is 2. The highest BCUT2D eigenvalue weighted by Crippen LogP contribution is 2.36. The molecule has 26 heavy (non-hydrogen) atoms. The molecule has 9 heteroatoms. The van der Waals surface area contributed by atoms with Crippen molar-refractivity contribution >= 4 is 17.5 Å². The van der Waals surface area contributed by atoms with Gasteiger partial charge in [-0.3, -0.25) is 9.59 Å². The van der Waals surface area contributed by atoms with E-state index >= 15 is 0 Å². The van der Waals surface area contributed by atoms with E-state index in [1.165, 1.54) is 40.6 Å². The van der Waals surface area contributed by atoms with Crippen LogP contribution in [0.1, 0.15) is 10.4 Å². The van der Waals surface area contributed by atoms with Gasteiger partial charge in [0, 0.05) is 12.2 Å². The van der Waals surface area contributed by atoms with Crippen molar-refractivity contribution in [2.24, 2.45) is 0 Å². The molecule has 0 atom stereocenters. The lowest BCUT2D eigenvalue weighted by Gasteiger charge is -2.10. The largest absolute Gasteiger partial charge is 0.502 e. The molecule has 140 valence electrons. The first-order valence-electron chi connectivity index (χ1n) is 7.07. The zero-order valence-corrected chi connectivity index (χ0v) is 14.6. The van der Waals surface area contributed by atoms with Crippen LogP contribution in [0.25, 0.3) is 0 Å². The minimum Gasteiger partial charge on any atom is -0.502 e. The summed E-state index contributed by atoms with van der Waals surface area (Å²) in [5, 5.41) is 18.2. The van der Waals surface area contributed by atoms with Crippen LogP contribution >= 0.6 is 0 Å². The van der Waals surface area contributed by atoms with E-state index in [0.29, 0.717) is 0 Å². The minimum absolute atomic E-state index is 0.00324. The minimum atomic E-state index is -1.11. The van der Waals surface area contributed by atoms with Gasteiger partial charge in [0.25, 0.3) is 5.78 Å². The second kappa shape index (κ2) is 9.11. The Morgan fingerprint density at radius 1 is 0.846 bits per heavy atom. The number of aromatic hydroxyl groups is 1. The van der Waals surface area contributed by atoms with Gasteiger partial charge in [0.05, 0.1) is 34.0 Å². The maximum atomic E-state index is 11.2. The Morgan fingerprint density at radius 3 is 1.58 bits per heavy atom. The van der Waals surface area contributed by atoms with Gasteiger partial charge < -0.3 is 29.2 Å². The molecule has 0 bridgehead atoms. The third kappa shape index (κ3) is 4.76. The van der Waals surface area contributed by atoms with E-state index in [-0.39, 0.29) is 40.1 Å². The van der Waals surface area contributed by atoms with E-state index in [1.807, 2.05) is 0 Å². The average molecular weight is 366 g/mol. The monoisotopic (exact) mass is 366 g/mol. The van der Waals surface area contributed by atoms with E-state index in [9.17, 15) is 19.5 Å². The Bertz CT molecular complexity index is 723. The zero-order chi connectivity index (χ0) is 19.9. The van der Waals surface area contributed by atoms with Gasteiger partial charge in [0.15, 0.2) is 28.8 Å². The van der Waals surface area contributed by atoms with Crippen LogP contribution < -0.4 is 9.47 Å². The van der Waals surface area contributed by atoms with Crippen LogP contribution in [0, 0.1) is 0 Å². The number of aromatic carboxylic acids is 1. The number of hydrogen-bond donors (Lipinski definition) is 2. The molecular weight excluding hydrogens is 348 g/mol. The maximum Gasteiger partial charge on any atom is 0.335 e. The van der Waals surface area contributed by atoms with E-state index in [1.54, 1.807) is 0 Å². The number of Topliss-reactive ketones (excluding diaryl/α,β-unsaturated/α-hetero) is 1. The van der Waals surface area contributed by atoms with Crippen molar-refractivity contribution in [1.82, 2.24) is 0 Å². The number of phenols is 1. The molecule has 0 saturated carbocycles. The highest BCUT2D eigenvalue weighted by atomic mass is 16.5. The normalized spacial score (nSPS) is 12.9. The highest BCUT2D eigenvalue weighted by molar-refractivity contribution is 6.18. The maximum absolute atomic E-state index is 11.2. The first-order valence-corrected chi connectivity index (χ1v) is 7.07. The van der Waals surface area contributed by atoms with Gasteiger partial charge in [-0.1, -0.05) is 0 Å². The fraction of sp³-hybridized carbons (Fsp3) is 0.235. The Kier molecular flexibility index (Phi) is 7.20. The van der Waals surface area contributed by atoms with Crippen LogP contribution in [0.2, 0.25) is 0 Å². The van der Waals surface area contributed by atoms with Gasteiger partial charge in [0.2, 0.25) is 5.75 Å². The highest BCUT2D eigenvalue weighted by Gasteiger charge is 2.22. The Morgan fingerprint density at radius 2 is 1.27 bits per heavy atom. The average Bonchev–Trinajstić information content (AvgIpc) is 2.63. The number of carboxylic acids is 1. The first kappa shape index (κ1) is 20.6. The number of hydrogen-bond acceptors (Lipinski definition) is 8. The molecule has 0 aromatic heterocycles. The summed E-state index contributed by atoms with van der Waals surface area (Å²) in [6.07, 6.45) is 2.26. The molecule has 0 saturated heterocycles. The van der Waals surface area contributed by atoms with Crippen molar-refractivity contribution in [3.8, 4) is 17.2 Å². The molecule has 1 aliphatic rings. The van der Waals surface area contributed by atoms with Gasteiger partial charge in [-0.05, 0) is 12.1 Å². The van der Waals surface area contributed by atoms with Crippen molar-refractivity contribution in [2.45, 2.75) is 0 Å². The summed E-state index contributed by atoms with van der Waals surface area (Å²) in [6, 6.07) is 2.44. The topological polar surface area (TPSA) is 129 Å².